The van der Waals surface area contributed by atoms with Gasteiger partial charge in [-0.3, -0.25) is 0 Å². The molecule has 1 N–H and O–H groups in total. The predicted molar refractivity (Wildman–Crippen MR) is 80.2 cm³/mol. The first-order valence-electron chi connectivity index (χ1n) is 6.74. The van der Waals surface area contributed by atoms with E-state index in [4.69, 9.17) is 0 Å². The van der Waals surface area contributed by atoms with Gasteiger partial charge in [0.2, 0.25) is 0 Å². The van der Waals surface area contributed by atoms with Crippen LogP contribution in [0.15, 0.2) is 24.3 Å². The average Bonchev–Trinajstić information content (AvgIpc) is 2.94. The van der Waals surface area contributed by atoms with Crippen LogP contribution in [0, 0.1) is 0 Å². The average molecular weight is 268 g/mol. The molecule has 4 heteroatoms. The van der Waals surface area contributed by atoms with Crippen molar-refractivity contribution in [2.45, 2.75) is 12.8 Å². The Morgan fingerprint density at radius 3 is 2.00 bits per heavy atom. The minimum Gasteiger partial charge on any atom is -0.371 e. The molecule has 1 aromatic carbocycles. The third-order valence-electron chi connectivity index (χ3n) is 3.78. The second-order valence-electron chi connectivity index (χ2n) is 4.95. The van der Waals surface area contributed by atoms with Crippen LogP contribution in [0.5, 0.6) is 0 Å². The van der Waals surface area contributed by atoms with Crippen LogP contribution in [0.1, 0.15) is 12.8 Å². The Morgan fingerprint density at radius 1 is 0.833 bits per heavy atom. The Kier molecular flexibility index (Phi) is 4.72. The third-order valence-corrected chi connectivity index (χ3v) is 3.78. The van der Waals surface area contributed by atoms with Crippen molar-refractivity contribution in [3.05, 3.63) is 24.3 Å². The highest BCUT2D eigenvalue weighted by Crippen LogP contribution is 2.25. The molecule has 18 heavy (non-hydrogen) atoms. The van der Waals surface area contributed by atoms with Gasteiger partial charge in [0.25, 0.3) is 0 Å². The molecule has 0 atom stereocenters. The largest absolute Gasteiger partial charge is 0.371 e. The zero-order chi connectivity index (χ0) is 11.5. The molecule has 0 aliphatic carbocycles. The van der Waals surface area contributed by atoms with E-state index in [0.29, 0.717) is 0 Å². The van der Waals surface area contributed by atoms with E-state index in [-0.39, 0.29) is 12.4 Å². The van der Waals surface area contributed by atoms with Gasteiger partial charge in [-0.1, -0.05) is 6.07 Å². The molecule has 0 unspecified atom stereocenters. The van der Waals surface area contributed by atoms with E-state index in [2.05, 4.69) is 39.4 Å². The van der Waals surface area contributed by atoms with Gasteiger partial charge in [0.1, 0.15) is 0 Å². The zero-order valence-corrected chi connectivity index (χ0v) is 11.6. The third kappa shape index (κ3) is 2.90. The number of anilines is 2. The van der Waals surface area contributed by atoms with Gasteiger partial charge in [-0.2, -0.15) is 0 Å². The molecule has 2 fully saturated rings. The summed E-state index contributed by atoms with van der Waals surface area (Å²) in [7, 11) is 0. The molecule has 1 aromatic rings. The van der Waals surface area contributed by atoms with Gasteiger partial charge in [0, 0.05) is 50.6 Å². The fourth-order valence-electron chi connectivity index (χ4n) is 2.78. The summed E-state index contributed by atoms with van der Waals surface area (Å²) < 4.78 is 0. The van der Waals surface area contributed by atoms with E-state index >= 15 is 0 Å². The molecule has 0 radical (unpaired) electrons. The van der Waals surface area contributed by atoms with Crippen molar-refractivity contribution in [1.29, 1.82) is 0 Å². The van der Waals surface area contributed by atoms with Crippen LogP contribution >= 0.6 is 12.4 Å². The van der Waals surface area contributed by atoms with Crippen molar-refractivity contribution in [2.24, 2.45) is 0 Å². The van der Waals surface area contributed by atoms with Crippen molar-refractivity contribution in [2.75, 3.05) is 49.1 Å². The van der Waals surface area contributed by atoms with Gasteiger partial charge in [-0.25, -0.2) is 0 Å². The van der Waals surface area contributed by atoms with Gasteiger partial charge in [0.15, 0.2) is 0 Å². The standard InChI is InChI=1S/C14H21N3.ClH/c1-2-9-16(8-1)13-4-3-5-14(12-13)17-10-6-15-7-11-17;/h3-5,12,15H,1-2,6-11H2;1H. The first-order valence-corrected chi connectivity index (χ1v) is 6.74. The highest BCUT2D eigenvalue weighted by Gasteiger charge is 2.15. The lowest BCUT2D eigenvalue weighted by Gasteiger charge is -2.30. The lowest BCUT2D eigenvalue weighted by Crippen LogP contribution is -2.43. The summed E-state index contributed by atoms with van der Waals surface area (Å²) in [6.45, 7) is 6.92. The number of rotatable bonds is 2. The van der Waals surface area contributed by atoms with Crippen LogP contribution in [-0.4, -0.2) is 39.3 Å². The number of nitrogens with one attached hydrogen (secondary N) is 1. The summed E-state index contributed by atoms with van der Waals surface area (Å²) in [6.07, 6.45) is 2.69. The summed E-state index contributed by atoms with van der Waals surface area (Å²) in [5.41, 5.74) is 2.79. The maximum atomic E-state index is 3.40. The van der Waals surface area contributed by atoms with Crippen LogP contribution < -0.4 is 15.1 Å². The van der Waals surface area contributed by atoms with Crippen molar-refractivity contribution in [3.63, 3.8) is 0 Å². The molecular formula is C14H22ClN3. The monoisotopic (exact) mass is 267 g/mol. The second kappa shape index (κ2) is 6.30. The Bertz CT molecular complexity index is 371. The molecule has 2 aliphatic heterocycles. The quantitative estimate of drug-likeness (QED) is 0.886. The van der Waals surface area contributed by atoms with E-state index in [1.54, 1.807) is 0 Å². The predicted octanol–water partition coefficient (Wildman–Crippen LogP) is 2.12. The van der Waals surface area contributed by atoms with Crippen molar-refractivity contribution >= 4 is 23.8 Å². The minimum atomic E-state index is 0. The number of hydrogen-bond acceptors (Lipinski definition) is 3. The van der Waals surface area contributed by atoms with Crippen LogP contribution in [0.25, 0.3) is 0 Å². The van der Waals surface area contributed by atoms with E-state index in [9.17, 15) is 0 Å². The molecular weight excluding hydrogens is 246 g/mol. The maximum Gasteiger partial charge on any atom is 0.0387 e. The van der Waals surface area contributed by atoms with Crippen LogP contribution in [0.4, 0.5) is 11.4 Å². The molecule has 2 heterocycles. The van der Waals surface area contributed by atoms with E-state index in [1.807, 2.05) is 0 Å². The second-order valence-corrected chi connectivity index (χ2v) is 4.95. The van der Waals surface area contributed by atoms with Gasteiger partial charge in [-0.15, -0.1) is 12.4 Å². The summed E-state index contributed by atoms with van der Waals surface area (Å²) in [5.74, 6) is 0. The number of benzene rings is 1. The lowest BCUT2D eigenvalue weighted by molar-refractivity contribution is 0.589. The highest BCUT2D eigenvalue weighted by molar-refractivity contribution is 5.85. The van der Waals surface area contributed by atoms with Gasteiger partial charge in [-0.05, 0) is 31.0 Å². The van der Waals surface area contributed by atoms with Gasteiger partial charge >= 0.3 is 0 Å². The number of nitrogens with zero attached hydrogens (tertiary/aromatic N) is 2. The molecule has 0 aromatic heterocycles. The first kappa shape index (κ1) is 13.5. The normalized spacial score (nSPS) is 19.8. The summed E-state index contributed by atoms with van der Waals surface area (Å²) in [4.78, 5) is 4.99. The fraction of sp³-hybridized carbons (Fsp3) is 0.571. The lowest BCUT2D eigenvalue weighted by atomic mass is 10.2. The molecule has 0 spiro atoms. The number of piperazine rings is 1. The topological polar surface area (TPSA) is 18.5 Å². The SMILES string of the molecule is Cl.c1cc(N2CCCC2)cc(N2CCNCC2)c1. The van der Waals surface area contributed by atoms with E-state index < -0.39 is 0 Å². The van der Waals surface area contributed by atoms with Crippen LogP contribution in [-0.2, 0) is 0 Å². The number of hydrogen-bond donors (Lipinski definition) is 1. The maximum absolute atomic E-state index is 3.40. The van der Waals surface area contributed by atoms with Gasteiger partial charge in [0.05, 0.1) is 0 Å². The van der Waals surface area contributed by atoms with Crippen molar-refractivity contribution < 1.29 is 0 Å². The summed E-state index contributed by atoms with van der Waals surface area (Å²) in [6, 6.07) is 9.05. The minimum absolute atomic E-state index is 0. The highest BCUT2D eigenvalue weighted by atomic mass is 35.5. The van der Waals surface area contributed by atoms with E-state index in [0.717, 1.165) is 26.2 Å². The summed E-state index contributed by atoms with van der Waals surface area (Å²) >= 11 is 0. The number of halogens is 1. The smallest absolute Gasteiger partial charge is 0.0387 e. The van der Waals surface area contributed by atoms with Crippen LogP contribution in [0.2, 0.25) is 0 Å². The van der Waals surface area contributed by atoms with E-state index in [1.165, 1.54) is 37.3 Å². The first-order chi connectivity index (χ1) is 8.43. The van der Waals surface area contributed by atoms with Crippen molar-refractivity contribution in [3.8, 4) is 0 Å². The Balaban J connectivity index is 0.00000120. The molecule has 0 bridgehead atoms. The Hall–Kier alpha value is -0.930. The van der Waals surface area contributed by atoms with Gasteiger partial charge < -0.3 is 15.1 Å². The fourth-order valence-corrected chi connectivity index (χ4v) is 2.78. The molecule has 2 saturated heterocycles. The Labute approximate surface area is 116 Å². The molecule has 3 nitrogen and oxygen atoms in total. The summed E-state index contributed by atoms with van der Waals surface area (Å²) in [5, 5.41) is 3.40. The van der Waals surface area contributed by atoms with Crippen LogP contribution in [0.3, 0.4) is 0 Å². The molecule has 100 valence electrons. The molecule has 3 rings (SSSR count). The van der Waals surface area contributed by atoms with Crippen molar-refractivity contribution in [1.82, 2.24) is 5.32 Å². The molecule has 0 saturated carbocycles. The Morgan fingerprint density at radius 2 is 1.39 bits per heavy atom. The molecule has 2 aliphatic rings. The zero-order valence-electron chi connectivity index (χ0n) is 10.8. The molecule has 0 amide bonds.